The normalized spacial score (nSPS) is 11.9. The molecule has 4 rings (SSSR count). The first-order valence-electron chi connectivity index (χ1n) is 10.6. The van der Waals surface area contributed by atoms with Gasteiger partial charge in [-0.05, 0) is 46.7 Å². The molecule has 32 heavy (non-hydrogen) atoms. The number of aliphatic hydroxyl groups is 1. The Hall–Kier alpha value is -2.99. The third-order valence-electron chi connectivity index (χ3n) is 5.12. The second kappa shape index (κ2) is 11.0. The smallest absolute Gasteiger partial charge is 0.132 e. The highest BCUT2D eigenvalue weighted by Crippen LogP contribution is 2.36. The topological polar surface area (TPSA) is 50.7 Å². The minimum atomic E-state index is -0.601. The fraction of sp³-hybridized carbons (Fsp3) is 0.185. The molecule has 0 radical (unpaired) electrons. The van der Waals surface area contributed by atoms with E-state index >= 15 is 0 Å². The molecule has 4 aromatic rings. The van der Waals surface area contributed by atoms with Crippen LogP contribution in [0.2, 0.25) is 0 Å². The van der Waals surface area contributed by atoms with Gasteiger partial charge in [0.1, 0.15) is 24.2 Å². The molecule has 0 spiro atoms. The van der Waals surface area contributed by atoms with Crippen molar-refractivity contribution in [1.29, 1.82) is 0 Å². The van der Waals surface area contributed by atoms with E-state index in [-0.39, 0.29) is 6.61 Å². The van der Waals surface area contributed by atoms with Crippen molar-refractivity contribution in [2.75, 3.05) is 20.3 Å². The molecule has 164 valence electrons. The number of para-hydroxylation sites is 1. The predicted octanol–water partition coefficient (Wildman–Crippen LogP) is 5.53. The average molecular weight is 446 g/mol. The summed E-state index contributed by atoms with van der Waals surface area (Å²) in [7, 11) is 1.69. The molecule has 0 aromatic heterocycles. The van der Waals surface area contributed by atoms with Crippen molar-refractivity contribution in [2.45, 2.75) is 22.4 Å². The van der Waals surface area contributed by atoms with Crippen molar-refractivity contribution in [1.82, 2.24) is 5.32 Å². The van der Waals surface area contributed by atoms with Gasteiger partial charge in [-0.2, -0.15) is 0 Å². The van der Waals surface area contributed by atoms with Crippen molar-refractivity contribution < 1.29 is 14.6 Å². The molecule has 0 heterocycles. The maximum Gasteiger partial charge on any atom is 0.132 e. The van der Waals surface area contributed by atoms with Gasteiger partial charge in [0.15, 0.2) is 0 Å². The standard InChI is InChI=1S/C27H27NO3S/c1-30-25-11-5-7-13-27(25)32-26-12-6-4-10-22(26)17-28-18-23(29)19-31-24-15-14-20-8-2-3-9-21(20)16-24/h2-16,23,28-29H,17-19H2,1H3. The van der Waals surface area contributed by atoms with Gasteiger partial charge in [-0.1, -0.05) is 72.4 Å². The van der Waals surface area contributed by atoms with Crippen molar-refractivity contribution in [2.24, 2.45) is 0 Å². The van der Waals surface area contributed by atoms with Crippen LogP contribution in [0.1, 0.15) is 5.56 Å². The van der Waals surface area contributed by atoms with Crippen LogP contribution in [0.4, 0.5) is 0 Å². The number of hydrogen-bond acceptors (Lipinski definition) is 5. The molecule has 0 bridgehead atoms. The summed E-state index contributed by atoms with van der Waals surface area (Å²) in [5.74, 6) is 1.63. The van der Waals surface area contributed by atoms with Crippen LogP contribution < -0.4 is 14.8 Å². The lowest BCUT2D eigenvalue weighted by Crippen LogP contribution is -2.31. The molecule has 4 nitrogen and oxygen atoms in total. The first-order chi connectivity index (χ1) is 15.7. The van der Waals surface area contributed by atoms with Crippen LogP contribution in [0.3, 0.4) is 0 Å². The summed E-state index contributed by atoms with van der Waals surface area (Å²) in [6, 6.07) is 30.4. The van der Waals surface area contributed by atoms with E-state index in [9.17, 15) is 5.11 Å². The summed E-state index contributed by atoms with van der Waals surface area (Å²) in [6.45, 7) is 1.34. The van der Waals surface area contributed by atoms with Crippen LogP contribution >= 0.6 is 11.8 Å². The monoisotopic (exact) mass is 445 g/mol. The van der Waals surface area contributed by atoms with E-state index in [4.69, 9.17) is 9.47 Å². The molecule has 0 saturated carbocycles. The van der Waals surface area contributed by atoms with Crippen molar-refractivity contribution in [3.63, 3.8) is 0 Å². The van der Waals surface area contributed by atoms with Crippen LogP contribution in [0.25, 0.3) is 10.8 Å². The van der Waals surface area contributed by atoms with Crippen LogP contribution in [0, 0.1) is 0 Å². The van der Waals surface area contributed by atoms with E-state index in [1.807, 2.05) is 60.7 Å². The molecular formula is C27H27NO3S. The Balaban J connectivity index is 1.29. The molecule has 0 amide bonds. The second-order valence-corrected chi connectivity index (χ2v) is 8.55. The average Bonchev–Trinajstić information content (AvgIpc) is 2.84. The van der Waals surface area contributed by atoms with Crippen LogP contribution in [0.5, 0.6) is 11.5 Å². The number of methoxy groups -OCH3 is 1. The zero-order valence-corrected chi connectivity index (χ0v) is 18.8. The van der Waals surface area contributed by atoms with E-state index in [1.165, 1.54) is 10.9 Å². The highest BCUT2D eigenvalue weighted by molar-refractivity contribution is 7.99. The zero-order valence-electron chi connectivity index (χ0n) is 18.0. The third-order valence-corrected chi connectivity index (χ3v) is 6.30. The Morgan fingerprint density at radius 3 is 2.41 bits per heavy atom. The summed E-state index contributed by atoms with van der Waals surface area (Å²) >= 11 is 1.68. The van der Waals surface area contributed by atoms with E-state index in [0.717, 1.165) is 26.7 Å². The molecule has 2 N–H and O–H groups in total. The second-order valence-electron chi connectivity index (χ2n) is 7.47. The molecule has 0 aliphatic rings. The quantitative estimate of drug-likeness (QED) is 0.336. The Bertz CT molecular complexity index is 1160. The van der Waals surface area contributed by atoms with Crippen LogP contribution in [0.15, 0.2) is 101 Å². The SMILES string of the molecule is COc1ccccc1Sc1ccccc1CNCC(O)COc1ccc2ccccc2c1. The van der Waals surface area contributed by atoms with Crippen LogP contribution in [-0.2, 0) is 6.54 Å². The molecule has 4 aromatic carbocycles. The number of ether oxygens (including phenoxy) is 2. The summed E-state index contributed by atoms with van der Waals surface area (Å²) in [5, 5.41) is 16.0. The van der Waals surface area contributed by atoms with Gasteiger partial charge in [-0.25, -0.2) is 0 Å². The maximum atomic E-state index is 10.4. The molecule has 1 atom stereocenters. The van der Waals surface area contributed by atoms with Gasteiger partial charge in [-0.15, -0.1) is 0 Å². The number of rotatable bonds is 10. The molecule has 5 heteroatoms. The maximum absolute atomic E-state index is 10.4. The molecule has 1 unspecified atom stereocenters. The first kappa shape index (κ1) is 22.2. The molecule has 0 saturated heterocycles. The summed E-state index contributed by atoms with van der Waals surface area (Å²) in [6.07, 6.45) is -0.601. The lowest BCUT2D eigenvalue weighted by atomic mass is 10.1. The molecular weight excluding hydrogens is 418 g/mol. The number of nitrogens with one attached hydrogen (secondary N) is 1. The third kappa shape index (κ3) is 5.82. The van der Waals surface area contributed by atoms with Gasteiger partial charge in [0.05, 0.1) is 12.0 Å². The largest absolute Gasteiger partial charge is 0.496 e. The first-order valence-corrected chi connectivity index (χ1v) is 11.4. The van der Waals surface area contributed by atoms with Gasteiger partial charge in [0.2, 0.25) is 0 Å². The Kier molecular flexibility index (Phi) is 7.67. The Morgan fingerprint density at radius 1 is 0.844 bits per heavy atom. The van der Waals surface area contributed by atoms with Gasteiger partial charge >= 0.3 is 0 Å². The van der Waals surface area contributed by atoms with E-state index in [2.05, 4.69) is 35.6 Å². The van der Waals surface area contributed by atoms with Gasteiger partial charge < -0.3 is 19.9 Å². The van der Waals surface area contributed by atoms with E-state index < -0.39 is 6.10 Å². The lowest BCUT2D eigenvalue weighted by Gasteiger charge is -2.15. The molecule has 0 fully saturated rings. The lowest BCUT2D eigenvalue weighted by molar-refractivity contribution is 0.106. The number of aliphatic hydroxyl groups excluding tert-OH is 1. The highest BCUT2D eigenvalue weighted by Gasteiger charge is 2.10. The van der Waals surface area contributed by atoms with Gasteiger partial charge in [0, 0.05) is 18.0 Å². The summed E-state index contributed by atoms with van der Waals surface area (Å²) in [5.41, 5.74) is 1.17. The highest BCUT2D eigenvalue weighted by atomic mass is 32.2. The minimum Gasteiger partial charge on any atom is -0.496 e. The van der Waals surface area contributed by atoms with E-state index in [1.54, 1.807) is 18.9 Å². The van der Waals surface area contributed by atoms with Crippen molar-refractivity contribution in [3.8, 4) is 11.5 Å². The fourth-order valence-electron chi connectivity index (χ4n) is 3.45. The molecule has 0 aliphatic carbocycles. The number of hydrogen-bond donors (Lipinski definition) is 2. The number of benzene rings is 4. The van der Waals surface area contributed by atoms with Crippen LogP contribution in [-0.4, -0.2) is 31.5 Å². The van der Waals surface area contributed by atoms with Crippen molar-refractivity contribution in [3.05, 3.63) is 96.6 Å². The number of fused-ring (bicyclic) bond motifs is 1. The van der Waals surface area contributed by atoms with E-state index in [0.29, 0.717) is 13.1 Å². The Morgan fingerprint density at radius 2 is 1.56 bits per heavy atom. The summed E-state index contributed by atoms with van der Waals surface area (Å²) < 4.78 is 11.3. The van der Waals surface area contributed by atoms with Gasteiger partial charge in [0.25, 0.3) is 0 Å². The zero-order chi connectivity index (χ0) is 22.2. The Labute approximate surface area is 193 Å². The van der Waals surface area contributed by atoms with Gasteiger partial charge in [-0.3, -0.25) is 0 Å². The summed E-state index contributed by atoms with van der Waals surface area (Å²) in [4.78, 5) is 2.23. The van der Waals surface area contributed by atoms with Crippen molar-refractivity contribution >= 4 is 22.5 Å². The predicted molar refractivity (Wildman–Crippen MR) is 131 cm³/mol. The molecule has 0 aliphatic heterocycles. The fourth-order valence-corrected chi connectivity index (χ4v) is 4.51. The minimum absolute atomic E-state index is 0.239.